The van der Waals surface area contributed by atoms with Crippen LogP contribution in [0.1, 0.15) is 12.5 Å². The number of hydrogen-bond acceptors (Lipinski definition) is 6. The van der Waals surface area contributed by atoms with Gasteiger partial charge in [0.2, 0.25) is 0 Å². The standard InChI is InChI=1S/C14H16N2O5S/c1-3-22(19,20)16-9-11(8-15-16)12-6-10(4-5-13(12)17)7-14(18)21-2/h4-6,8-9,17H,3,7H2,1-2H3. The third-order valence-electron chi connectivity index (χ3n) is 3.16. The highest BCUT2D eigenvalue weighted by atomic mass is 32.2. The van der Waals surface area contributed by atoms with Gasteiger partial charge in [-0.3, -0.25) is 4.79 Å². The summed E-state index contributed by atoms with van der Waals surface area (Å²) in [5.74, 6) is -0.509. The molecule has 0 aliphatic heterocycles. The molecule has 7 nitrogen and oxygen atoms in total. The van der Waals surface area contributed by atoms with E-state index in [4.69, 9.17) is 0 Å². The van der Waals surface area contributed by atoms with Crippen molar-refractivity contribution in [2.75, 3.05) is 12.9 Å². The highest BCUT2D eigenvalue weighted by Gasteiger charge is 2.15. The van der Waals surface area contributed by atoms with Crippen LogP contribution < -0.4 is 0 Å². The molecule has 1 aromatic heterocycles. The molecule has 0 spiro atoms. The van der Waals surface area contributed by atoms with E-state index in [-0.39, 0.29) is 17.9 Å². The monoisotopic (exact) mass is 324 g/mol. The molecule has 0 bridgehead atoms. The van der Waals surface area contributed by atoms with Crippen LogP contribution in [-0.4, -0.2) is 41.5 Å². The van der Waals surface area contributed by atoms with E-state index in [1.165, 1.54) is 32.5 Å². The van der Waals surface area contributed by atoms with Crippen molar-refractivity contribution >= 4 is 16.0 Å². The van der Waals surface area contributed by atoms with Crippen LogP contribution in [0, 0.1) is 0 Å². The normalized spacial score (nSPS) is 11.4. The van der Waals surface area contributed by atoms with Gasteiger partial charge in [-0.1, -0.05) is 6.07 Å². The van der Waals surface area contributed by atoms with Crippen molar-refractivity contribution in [2.24, 2.45) is 0 Å². The maximum atomic E-state index is 11.8. The summed E-state index contributed by atoms with van der Waals surface area (Å²) in [5.41, 5.74) is 1.49. The van der Waals surface area contributed by atoms with Gasteiger partial charge in [0, 0.05) is 11.1 Å². The van der Waals surface area contributed by atoms with Crippen molar-refractivity contribution in [1.29, 1.82) is 0 Å². The Morgan fingerprint density at radius 3 is 2.77 bits per heavy atom. The second-order valence-electron chi connectivity index (χ2n) is 4.61. The van der Waals surface area contributed by atoms with E-state index < -0.39 is 16.0 Å². The van der Waals surface area contributed by atoms with Crippen molar-refractivity contribution in [3.8, 4) is 16.9 Å². The van der Waals surface area contributed by atoms with Crippen molar-refractivity contribution < 1.29 is 23.1 Å². The van der Waals surface area contributed by atoms with E-state index in [0.29, 0.717) is 16.7 Å². The molecule has 0 aliphatic carbocycles. The number of aromatic hydroxyl groups is 1. The van der Waals surface area contributed by atoms with E-state index in [1.807, 2.05) is 0 Å². The molecule has 1 aromatic carbocycles. The summed E-state index contributed by atoms with van der Waals surface area (Å²) in [5, 5.41) is 13.8. The minimum Gasteiger partial charge on any atom is -0.507 e. The summed E-state index contributed by atoms with van der Waals surface area (Å²) in [6.07, 6.45) is 2.74. The lowest BCUT2D eigenvalue weighted by atomic mass is 10.0. The largest absolute Gasteiger partial charge is 0.507 e. The number of phenols is 1. The fraction of sp³-hybridized carbons (Fsp3) is 0.286. The molecule has 0 fully saturated rings. The van der Waals surface area contributed by atoms with Crippen LogP contribution in [0.3, 0.4) is 0 Å². The van der Waals surface area contributed by atoms with E-state index in [0.717, 1.165) is 4.09 Å². The first-order valence-electron chi connectivity index (χ1n) is 6.54. The summed E-state index contributed by atoms with van der Waals surface area (Å²) in [6, 6.07) is 4.65. The summed E-state index contributed by atoms with van der Waals surface area (Å²) in [6.45, 7) is 1.52. The number of ether oxygens (including phenoxy) is 1. The van der Waals surface area contributed by atoms with Crippen molar-refractivity contribution in [2.45, 2.75) is 13.3 Å². The maximum Gasteiger partial charge on any atom is 0.309 e. The Kier molecular flexibility index (Phi) is 4.51. The second kappa shape index (κ2) is 6.18. The van der Waals surface area contributed by atoms with Crippen LogP contribution in [-0.2, 0) is 26.0 Å². The van der Waals surface area contributed by atoms with Crippen LogP contribution in [0.4, 0.5) is 0 Å². The van der Waals surface area contributed by atoms with E-state index in [9.17, 15) is 18.3 Å². The summed E-state index contributed by atoms with van der Waals surface area (Å²) in [4.78, 5) is 11.3. The van der Waals surface area contributed by atoms with Gasteiger partial charge in [0.1, 0.15) is 5.75 Å². The highest BCUT2D eigenvalue weighted by Crippen LogP contribution is 2.30. The van der Waals surface area contributed by atoms with Crippen LogP contribution in [0.2, 0.25) is 0 Å². The topological polar surface area (TPSA) is 98.5 Å². The Morgan fingerprint density at radius 2 is 2.14 bits per heavy atom. The molecule has 0 saturated carbocycles. The van der Waals surface area contributed by atoms with Gasteiger partial charge < -0.3 is 9.84 Å². The van der Waals surface area contributed by atoms with Crippen LogP contribution >= 0.6 is 0 Å². The number of esters is 1. The Balaban J connectivity index is 2.40. The molecule has 2 aromatic rings. The van der Waals surface area contributed by atoms with Gasteiger partial charge in [-0.05, 0) is 24.6 Å². The number of benzene rings is 1. The fourth-order valence-corrected chi connectivity index (χ4v) is 2.62. The van der Waals surface area contributed by atoms with Gasteiger partial charge in [0.15, 0.2) is 0 Å². The van der Waals surface area contributed by atoms with Crippen molar-refractivity contribution in [3.05, 3.63) is 36.2 Å². The third-order valence-corrected chi connectivity index (χ3v) is 4.66. The molecule has 1 N–H and O–H groups in total. The van der Waals surface area contributed by atoms with Gasteiger partial charge in [-0.2, -0.15) is 9.19 Å². The lowest BCUT2D eigenvalue weighted by Gasteiger charge is -2.06. The molecule has 0 radical (unpaired) electrons. The average Bonchev–Trinajstić information content (AvgIpc) is 2.99. The molecule has 1 heterocycles. The predicted molar refractivity (Wildman–Crippen MR) is 79.9 cm³/mol. The van der Waals surface area contributed by atoms with E-state index in [2.05, 4.69) is 9.84 Å². The molecule has 0 aliphatic rings. The van der Waals surface area contributed by atoms with Gasteiger partial charge in [-0.25, -0.2) is 8.42 Å². The van der Waals surface area contributed by atoms with E-state index in [1.54, 1.807) is 12.1 Å². The predicted octanol–water partition coefficient (Wildman–Crippen LogP) is 1.17. The third kappa shape index (κ3) is 3.28. The zero-order valence-electron chi connectivity index (χ0n) is 12.2. The fourth-order valence-electron chi connectivity index (χ4n) is 1.89. The number of phenolic OH excluding ortho intramolecular Hbond substituents is 1. The Bertz CT molecular complexity index is 795. The molecular weight excluding hydrogens is 308 g/mol. The van der Waals surface area contributed by atoms with Gasteiger partial charge in [0.05, 0.1) is 31.7 Å². The van der Waals surface area contributed by atoms with Gasteiger partial charge >= 0.3 is 5.97 Å². The zero-order valence-corrected chi connectivity index (χ0v) is 13.0. The number of carbonyl (C=O) groups is 1. The first-order chi connectivity index (χ1) is 10.4. The number of hydrogen-bond donors (Lipinski definition) is 1. The molecular formula is C14H16N2O5S. The highest BCUT2D eigenvalue weighted by molar-refractivity contribution is 7.89. The number of carbonyl (C=O) groups excluding carboxylic acids is 1. The minimum absolute atomic E-state index is 0.0259. The second-order valence-corrected chi connectivity index (χ2v) is 6.72. The van der Waals surface area contributed by atoms with Crippen LogP contribution in [0.5, 0.6) is 5.75 Å². The Hall–Kier alpha value is -2.35. The summed E-state index contributed by atoms with van der Waals surface area (Å²) in [7, 11) is -2.19. The SMILES string of the molecule is CCS(=O)(=O)n1cc(-c2cc(CC(=O)OC)ccc2O)cn1. The molecule has 0 unspecified atom stereocenters. The van der Waals surface area contributed by atoms with Gasteiger partial charge in [-0.15, -0.1) is 0 Å². The minimum atomic E-state index is -3.48. The summed E-state index contributed by atoms with van der Waals surface area (Å²) < 4.78 is 29.0. The lowest BCUT2D eigenvalue weighted by molar-refractivity contribution is -0.139. The number of rotatable bonds is 5. The molecule has 0 saturated heterocycles. The number of nitrogens with zero attached hydrogens (tertiary/aromatic N) is 2. The van der Waals surface area contributed by atoms with Crippen LogP contribution in [0.15, 0.2) is 30.6 Å². The van der Waals surface area contributed by atoms with E-state index >= 15 is 0 Å². The first-order valence-corrected chi connectivity index (χ1v) is 8.15. The molecule has 0 amide bonds. The Labute approximate surface area is 128 Å². The number of methoxy groups -OCH3 is 1. The first kappa shape index (κ1) is 16.0. The molecule has 8 heteroatoms. The number of aromatic nitrogens is 2. The summed E-state index contributed by atoms with van der Waals surface area (Å²) >= 11 is 0. The molecule has 0 atom stereocenters. The lowest BCUT2D eigenvalue weighted by Crippen LogP contribution is -2.14. The molecule has 118 valence electrons. The zero-order chi connectivity index (χ0) is 16.3. The quantitative estimate of drug-likeness (QED) is 0.829. The van der Waals surface area contributed by atoms with Crippen LogP contribution in [0.25, 0.3) is 11.1 Å². The maximum absolute atomic E-state index is 11.8. The van der Waals surface area contributed by atoms with Crippen molar-refractivity contribution in [3.63, 3.8) is 0 Å². The smallest absolute Gasteiger partial charge is 0.309 e. The Morgan fingerprint density at radius 1 is 1.41 bits per heavy atom. The molecule has 2 rings (SSSR count). The average molecular weight is 324 g/mol. The molecule has 22 heavy (non-hydrogen) atoms. The van der Waals surface area contributed by atoms with Crippen molar-refractivity contribution in [1.82, 2.24) is 9.19 Å². The van der Waals surface area contributed by atoms with Gasteiger partial charge in [0.25, 0.3) is 10.0 Å².